The van der Waals surface area contributed by atoms with E-state index in [1.165, 1.54) is 12.1 Å². The molecule has 26 heavy (non-hydrogen) atoms. The second-order valence-corrected chi connectivity index (χ2v) is 7.48. The summed E-state index contributed by atoms with van der Waals surface area (Å²) in [5, 5.41) is 10.5. The van der Waals surface area contributed by atoms with Gasteiger partial charge in [0.15, 0.2) is 0 Å². The summed E-state index contributed by atoms with van der Waals surface area (Å²) in [6.45, 7) is 1.91. The Morgan fingerprint density at radius 1 is 1.08 bits per heavy atom. The molecule has 2 aromatic carbocycles. The molecule has 4 N–H and O–H groups in total. The number of hydrogen-bond acceptors (Lipinski definition) is 4. The van der Waals surface area contributed by atoms with E-state index in [4.69, 9.17) is 5.14 Å². The van der Waals surface area contributed by atoms with Gasteiger partial charge in [0.05, 0.1) is 4.90 Å². The van der Waals surface area contributed by atoms with Gasteiger partial charge in [-0.1, -0.05) is 30.3 Å². The van der Waals surface area contributed by atoms with Crippen LogP contribution < -0.4 is 15.8 Å². The van der Waals surface area contributed by atoms with Crippen LogP contribution in [0.1, 0.15) is 29.3 Å². The van der Waals surface area contributed by atoms with Gasteiger partial charge in [0.1, 0.15) is 0 Å². The lowest BCUT2D eigenvalue weighted by Gasteiger charge is -2.14. The summed E-state index contributed by atoms with van der Waals surface area (Å²) >= 11 is 0. The van der Waals surface area contributed by atoms with Gasteiger partial charge < -0.3 is 10.6 Å². The maximum Gasteiger partial charge on any atom is 0.251 e. The number of carbonyl (C=O) groups excluding carboxylic acids is 2. The van der Waals surface area contributed by atoms with Crippen LogP contribution in [0.3, 0.4) is 0 Å². The number of amides is 2. The van der Waals surface area contributed by atoms with Gasteiger partial charge in [-0.2, -0.15) is 0 Å². The minimum atomic E-state index is -3.78. The summed E-state index contributed by atoms with van der Waals surface area (Å²) in [6, 6.07) is 14.4. The topological polar surface area (TPSA) is 118 Å². The lowest BCUT2D eigenvalue weighted by atomic mass is 10.1. The lowest BCUT2D eigenvalue weighted by Crippen LogP contribution is -2.37. The molecule has 0 heterocycles. The highest BCUT2D eigenvalue weighted by molar-refractivity contribution is 7.89. The molecule has 0 radical (unpaired) electrons. The van der Waals surface area contributed by atoms with Crippen LogP contribution in [0.15, 0.2) is 59.5 Å². The number of nitrogens with one attached hydrogen (secondary N) is 2. The number of nitrogens with two attached hydrogens (primary N) is 1. The van der Waals surface area contributed by atoms with Crippen LogP contribution in [-0.4, -0.2) is 26.3 Å². The molecular formula is C18H21N3O4S. The zero-order valence-corrected chi connectivity index (χ0v) is 15.1. The Morgan fingerprint density at radius 2 is 1.77 bits per heavy atom. The Morgan fingerprint density at radius 3 is 2.42 bits per heavy atom. The first-order valence-corrected chi connectivity index (χ1v) is 9.54. The monoisotopic (exact) mass is 375 g/mol. The van der Waals surface area contributed by atoms with Crippen molar-refractivity contribution in [1.29, 1.82) is 0 Å². The van der Waals surface area contributed by atoms with Crippen LogP contribution in [-0.2, 0) is 21.4 Å². The summed E-state index contributed by atoms with van der Waals surface area (Å²) in [7, 11) is -3.78. The number of hydrogen-bond donors (Lipinski definition) is 3. The van der Waals surface area contributed by atoms with Gasteiger partial charge in [0.2, 0.25) is 15.9 Å². The third-order valence-electron chi connectivity index (χ3n) is 3.62. The Balaban J connectivity index is 1.84. The van der Waals surface area contributed by atoms with Crippen LogP contribution in [0.2, 0.25) is 0 Å². The molecule has 0 aliphatic rings. The van der Waals surface area contributed by atoms with E-state index in [9.17, 15) is 18.0 Å². The minimum absolute atomic E-state index is 0.00672. The van der Waals surface area contributed by atoms with E-state index in [1.54, 1.807) is 43.3 Å². The van der Waals surface area contributed by atoms with E-state index in [2.05, 4.69) is 10.6 Å². The summed E-state index contributed by atoms with van der Waals surface area (Å²) in [5.74, 6) is -0.501. The Labute approximate surface area is 152 Å². The standard InChI is InChI=1S/C18H21N3O4S/c1-13(21-18(23)15-7-3-2-4-8-15)10-17(22)20-12-14-6-5-9-16(11-14)26(19,24)25/h2-9,11,13H,10,12H2,1H3,(H,20,22)(H,21,23)(H2,19,24,25). The normalized spacial score (nSPS) is 12.2. The summed E-state index contributed by atoms with van der Waals surface area (Å²) in [5.41, 5.74) is 1.14. The van der Waals surface area contributed by atoms with Crippen molar-refractivity contribution in [3.05, 3.63) is 65.7 Å². The number of sulfonamides is 1. The van der Waals surface area contributed by atoms with Crippen molar-refractivity contribution >= 4 is 21.8 Å². The average Bonchev–Trinajstić information content (AvgIpc) is 2.60. The predicted octanol–water partition coefficient (Wildman–Crippen LogP) is 1.16. The van der Waals surface area contributed by atoms with Crippen molar-refractivity contribution in [3.8, 4) is 0 Å². The number of primary sulfonamides is 1. The molecule has 1 unspecified atom stereocenters. The summed E-state index contributed by atoms with van der Waals surface area (Å²) in [4.78, 5) is 24.1. The average molecular weight is 375 g/mol. The van der Waals surface area contributed by atoms with Gasteiger partial charge in [-0.3, -0.25) is 9.59 Å². The first-order valence-electron chi connectivity index (χ1n) is 8.00. The molecule has 7 nitrogen and oxygen atoms in total. The van der Waals surface area contributed by atoms with E-state index in [-0.39, 0.29) is 35.7 Å². The Bertz CT molecular complexity index is 882. The van der Waals surface area contributed by atoms with Gasteiger partial charge in [-0.25, -0.2) is 13.6 Å². The molecule has 2 amide bonds. The Hall–Kier alpha value is -2.71. The van der Waals surface area contributed by atoms with Gasteiger partial charge in [0, 0.05) is 24.6 Å². The van der Waals surface area contributed by atoms with E-state index in [0.717, 1.165) is 0 Å². The smallest absolute Gasteiger partial charge is 0.251 e. The SMILES string of the molecule is CC(CC(=O)NCc1cccc(S(N)(=O)=O)c1)NC(=O)c1ccccc1. The Kier molecular flexibility index (Phi) is 6.48. The number of benzene rings is 2. The largest absolute Gasteiger partial charge is 0.352 e. The van der Waals surface area contributed by atoms with Crippen LogP contribution >= 0.6 is 0 Å². The van der Waals surface area contributed by atoms with Crippen LogP contribution in [0.25, 0.3) is 0 Å². The predicted molar refractivity (Wildman–Crippen MR) is 97.6 cm³/mol. The molecule has 0 saturated carbocycles. The fourth-order valence-corrected chi connectivity index (χ4v) is 2.91. The van der Waals surface area contributed by atoms with E-state index in [1.807, 2.05) is 6.07 Å². The zero-order chi connectivity index (χ0) is 19.2. The first-order chi connectivity index (χ1) is 12.3. The lowest BCUT2D eigenvalue weighted by molar-refractivity contribution is -0.121. The molecule has 0 bridgehead atoms. The molecule has 0 aliphatic heterocycles. The molecule has 0 aromatic heterocycles. The molecule has 0 spiro atoms. The third-order valence-corrected chi connectivity index (χ3v) is 4.53. The van der Waals surface area contributed by atoms with Gasteiger partial charge in [0.25, 0.3) is 5.91 Å². The maximum absolute atomic E-state index is 12.0. The van der Waals surface area contributed by atoms with Crippen molar-refractivity contribution in [3.63, 3.8) is 0 Å². The van der Waals surface area contributed by atoms with E-state index < -0.39 is 10.0 Å². The molecule has 8 heteroatoms. The fourth-order valence-electron chi connectivity index (χ4n) is 2.33. The second-order valence-electron chi connectivity index (χ2n) is 5.91. The highest BCUT2D eigenvalue weighted by Crippen LogP contribution is 2.09. The molecule has 0 saturated heterocycles. The molecule has 1 atom stereocenters. The highest BCUT2D eigenvalue weighted by atomic mass is 32.2. The maximum atomic E-state index is 12.0. The van der Waals surface area contributed by atoms with Crippen molar-refractivity contribution < 1.29 is 18.0 Å². The number of rotatable bonds is 7. The van der Waals surface area contributed by atoms with Crippen molar-refractivity contribution in [2.24, 2.45) is 5.14 Å². The summed E-state index contributed by atoms with van der Waals surface area (Å²) < 4.78 is 22.7. The second kappa shape index (κ2) is 8.59. The van der Waals surface area contributed by atoms with Gasteiger partial charge in [-0.15, -0.1) is 0 Å². The van der Waals surface area contributed by atoms with Gasteiger partial charge in [-0.05, 0) is 36.8 Å². The third kappa shape index (κ3) is 5.98. The van der Waals surface area contributed by atoms with Crippen molar-refractivity contribution in [2.45, 2.75) is 30.8 Å². The minimum Gasteiger partial charge on any atom is -0.352 e. The zero-order valence-electron chi connectivity index (χ0n) is 14.3. The molecule has 2 rings (SSSR count). The molecule has 138 valence electrons. The molecular weight excluding hydrogens is 354 g/mol. The van der Waals surface area contributed by atoms with E-state index >= 15 is 0 Å². The highest BCUT2D eigenvalue weighted by Gasteiger charge is 2.13. The van der Waals surface area contributed by atoms with Crippen LogP contribution in [0.4, 0.5) is 0 Å². The summed E-state index contributed by atoms with van der Waals surface area (Å²) in [6.07, 6.45) is 0.105. The fraction of sp³-hybridized carbons (Fsp3) is 0.222. The van der Waals surface area contributed by atoms with E-state index in [0.29, 0.717) is 11.1 Å². The quantitative estimate of drug-likeness (QED) is 0.673. The first kappa shape index (κ1) is 19.6. The molecule has 0 aliphatic carbocycles. The van der Waals surface area contributed by atoms with Crippen LogP contribution in [0.5, 0.6) is 0 Å². The van der Waals surface area contributed by atoms with Crippen LogP contribution in [0, 0.1) is 0 Å². The van der Waals surface area contributed by atoms with Crippen molar-refractivity contribution in [2.75, 3.05) is 0 Å². The molecule has 0 fully saturated rings. The molecule has 2 aromatic rings. The van der Waals surface area contributed by atoms with Gasteiger partial charge >= 0.3 is 0 Å². The number of carbonyl (C=O) groups is 2. The van der Waals surface area contributed by atoms with Crippen molar-refractivity contribution in [1.82, 2.24) is 10.6 Å².